The van der Waals surface area contributed by atoms with Gasteiger partial charge in [0.25, 0.3) is 0 Å². The zero-order valence-electron chi connectivity index (χ0n) is 10.8. The number of ether oxygens (including phenoxy) is 1. The van der Waals surface area contributed by atoms with E-state index in [9.17, 15) is 4.79 Å². The lowest BCUT2D eigenvalue weighted by molar-refractivity contribution is 0.188. The molecule has 1 fully saturated rings. The molecule has 5 heteroatoms. The zero-order valence-corrected chi connectivity index (χ0v) is 11.6. The van der Waals surface area contributed by atoms with Gasteiger partial charge in [0.1, 0.15) is 11.9 Å². The van der Waals surface area contributed by atoms with Crippen LogP contribution in [-0.2, 0) is 6.42 Å². The van der Waals surface area contributed by atoms with Crippen LogP contribution >= 0.6 is 11.8 Å². The first-order valence-corrected chi connectivity index (χ1v) is 7.83. The molecule has 1 N–H and O–H groups in total. The van der Waals surface area contributed by atoms with Crippen molar-refractivity contribution in [2.75, 3.05) is 31.1 Å². The summed E-state index contributed by atoms with van der Waals surface area (Å²) in [6.45, 7) is 2.28. The molecule has 0 bridgehead atoms. The van der Waals surface area contributed by atoms with E-state index in [-0.39, 0.29) is 12.1 Å². The first-order valence-electron chi connectivity index (χ1n) is 6.68. The maximum absolute atomic E-state index is 12.0. The number of rotatable bonds is 2. The molecule has 102 valence electrons. The van der Waals surface area contributed by atoms with E-state index in [4.69, 9.17) is 4.74 Å². The third-order valence-corrected chi connectivity index (χ3v) is 4.44. The summed E-state index contributed by atoms with van der Waals surface area (Å²) in [4.78, 5) is 13.9. The monoisotopic (exact) mass is 278 g/mol. The third-order valence-electron chi connectivity index (χ3n) is 3.49. The van der Waals surface area contributed by atoms with Crippen molar-refractivity contribution in [3.8, 4) is 5.75 Å². The summed E-state index contributed by atoms with van der Waals surface area (Å²) in [7, 11) is 0. The largest absolute Gasteiger partial charge is 0.488 e. The van der Waals surface area contributed by atoms with E-state index in [2.05, 4.69) is 11.4 Å². The number of carbonyl (C=O) groups is 1. The van der Waals surface area contributed by atoms with Gasteiger partial charge < -0.3 is 15.0 Å². The second kappa shape index (κ2) is 5.74. The van der Waals surface area contributed by atoms with Crippen molar-refractivity contribution in [3.05, 3.63) is 29.8 Å². The summed E-state index contributed by atoms with van der Waals surface area (Å²) < 4.78 is 5.81. The van der Waals surface area contributed by atoms with Crippen molar-refractivity contribution in [1.29, 1.82) is 0 Å². The Balaban J connectivity index is 1.47. The number of thioether (sulfide) groups is 1. The number of hydrogen-bond acceptors (Lipinski definition) is 3. The Labute approximate surface area is 117 Å². The molecule has 0 unspecified atom stereocenters. The second-order valence-electron chi connectivity index (χ2n) is 4.84. The van der Waals surface area contributed by atoms with Crippen LogP contribution in [0.5, 0.6) is 5.75 Å². The highest BCUT2D eigenvalue weighted by molar-refractivity contribution is 7.99. The molecule has 1 aromatic carbocycles. The maximum Gasteiger partial charge on any atom is 0.317 e. The number of fused-ring (bicyclic) bond motifs is 1. The van der Waals surface area contributed by atoms with Crippen LogP contribution in [0.4, 0.5) is 4.79 Å². The van der Waals surface area contributed by atoms with Gasteiger partial charge in [0.2, 0.25) is 0 Å². The van der Waals surface area contributed by atoms with Gasteiger partial charge in [0, 0.05) is 31.0 Å². The Morgan fingerprint density at radius 3 is 2.95 bits per heavy atom. The number of para-hydroxylation sites is 1. The van der Waals surface area contributed by atoms with Crippen molar-refractivity contribution >= 4 is 17.8 Å². The highest BCUT2D eigenvalue weighted by atomic mass is 32.2. The normalized spacial score (nSPS) is 21.7. The fraction of sp³-hybridized carbons (Fsp3) is 0.500. The third kappa shape index (κ3) is 2.97. The van der Waals surface area contributed by atoms with E-state index in [0.29, 0.717) is 6.54 Å². The van der Waals surface area contributed by atoms with E-state index in [1.807, 2.05) is 34.9 Å². The minimum atomic E-state index is 0.0415. The molecule has 0 saturated carbocycles. The Kier molecular flexibility index (Phi) is 3.82. The van der Waals surface area contributed by atoms with Crippen molar-refractivity contribution < 1.29 is 9.53 Å². The topological polar surface area (TPSA) is 41.6 Å². The zero-order chi connectivity index (χ0) is 13.1. The summed E-state index contributed by atoms with van der Waals surface area (Å²) in [5, 5.41) is 2.98. The molecule has 1 saturated heterocycles. The van der Waals surface area contributed by atoms with Gasteiger partial charge in [0.15, 0.2) is 0 Å². The molecule has 1 atom stereocenters. The molecule has 2 aliphatic heterocycles. The van der Waals surface area contributed by atoms with Crippen LogP contribution in [0.1, 0.15) is 5.56 Å². The highest BCUT2D eigenvalue weighted by Crippen LogP contribution is 2.27. The first-order chi connectivity index (χ1) is 9.33. The summed E-state index contributed by atoms with van der Waals surface area (Å²) in [6, 6.07) is 8.11. The molecule has 0 aliphatic carbocycles. The van der Waals surface area contributed by atoms with Gasteiger partial charge in [-0.05, 0) is 11.6 Å². The molecule has 3 rings (SSSR count). The Morgan fingerprint density at radius 2 is 2.16 bits per heavy atom. The Morgan fingerprint density at radius 1 is 1.37 bits per heavy atom. The molecule has 0 radical (unpaired) electrons. The number of nitrogens with one attached hydrogen (secondary N) is 1. The number of hydrogen-bond donors (Lipinski definition) is 1. The SMILES string of the molecule is O=C(NC[C@@H]1Cc2ccccc2O1)N1CCSCC1. The van der Waals surface area contributed by atoms with Gasteiger partial charge in [0.05, 0.1) is 6.54 Å². The molecule has 2 amide bonds. The highest BCUT2D eigenvalue weighted by Gasteiger charge is 2.24. The lowest BCUT2D eigenvalue weighted by Gasteiger charge is -2.27. The fourth-order valence-electron chi connectivity index (χ4n) is 2.45. The predicted molar refractivity (Wildman–Crippen MR) is 76.9 cm³/mol. The van der Waals surface area contributed by atoms with Crippen LogP contribution in [0.15, 0.2) is 24.3 Å². The molecule has 4 nitrogen and oxygen atoms in total. The lowest BCUT2D eigenvalue weighted by Crippen LogP contribution is -2.46. The van der Waals surface area contributed by atoms with E-state index < -0.39 is 0 Å². The van der Waals surface area contributed by atoms with E-state index in [0.717, 1.165) is 36.8 Å². The van der Waals surface area contributed by atoms with Crippen LogP contribution in [-0.4, -0.2) is 48.2 Å². The molecular formula is C14H18N2O2S. The number of amides is 2. The average Bonchev–Trinajstić information content (AvgIpc) is 2.88. The molecule has 0 spiro atoms. The van der Waals surface area contributed by atoms with Crippen molar-refractivity contribution in [2.45, 2.75) is 12.5 Å². The molecule has 0 aromatic heterocycles. The number of urea groups is 1. The van der Waals surface area contributed by atoms with Crippen LogP contribution in [0.25, 0.3) is 0 Å². The number of nitrogens with zero attached hydrogens (tertiary/aromatic N) is 1. The van der Waals surface area contributed by atoms with E-state index in [1.165, 1.54) is 5.56 Å². The van der Waals surface area contributed by atoms with Crippen molar-refractivity contribution in [3.63, 3.8) is 0 Å². The Bertz CT molecular complexity index is 436. The maximum atomic E-state index is 12.0. The smallest absolute Gasteiger partial charge is 0.317 e. The van der Waals surface area contributed by atoms with E-state index >= 15 is 0 Å². The van der Waals surface area contributed by atoms with Crippen LogP contribution in [0.2, 0.25) is 0 Å². The predicted octanol–water partition coefficient (Wildman–Crippen LogP) is 1.75. The van der Waals surface area contributed by atoms with Crippen molar-refractivity contribution in [1.82, 2.24) is 10.2 Å². The molecule has 1 aromatic rings. The van der Waals surface area contributed by atoms with Gasteiger partial charge in [-0.3, -0.25) is 0 Å². The summed E-state index contributed by atoms with van der Waals surface area (Å²) >= 11 is 1.90. The molecular weight excluding hydrogens is 260 g/mol. The number of benzene rings is 1. The standard InChI is InChI=1S/C14H18N2O2S/c17-14(16-5-7-19-8-6-16)15-10-12-9-11-3-1-2-4-13(11)18-12/h1-4,12H,5-10H2,(H,15,17)/t12-/m0/s1. The lowest BCUT2D eigenvalue weighted by atomic mass is 10.1. The van der Waals surface area contributed by atoms with Crippen LogP contribution in [0, 0.1) is 0 Å². The van der Waals surface area contributed by atoms with Gasteiger partial charge >= 0.3 is 6.03 Å². The van der Waals surface area contributed by atoms with Gasteiger partial charge in [-0.15, -0.1) is 0 Å². The Hall–Kier alpha value is -1.36. The minimum absolute atomic E-state index is 0.0415. The first kappa shape index (κ1) is 12.7. The molecule has 2 heterocycles. The van der Waals surface area contributed by atoms with Gasteiger partial charge in [-0.2, -0.15) is 11.8 Å². The minimum Gasteiger partial charge on any atom is -0.488 e. The quantitative estimate of drug-likeness (QED) is 0.896. The number of carbonyl (C=O) groups excluding carboxylic acids is 1. The summed E-state index contributed by atoms with van der Waals surface area (Å²) in [5.74, 6) is 3.04. The molecule has 19 heavy (non-hydrogen) atoms. The molecule has 2 aliphatic rings. The second-order valence-corrected chi connectivity index (χ2v) is 6.06. The summed E-state index contributed by atoms with van der Waals surface area (Å²) in [6.07, 6.45) is 0.951. The average molecular weight is 278 g/mol. The van der Waals surface area contributed by atoms with Gasteiger partial charge in [-0.1, -0.05) is 18.2 Å². The summed E-state index contributed by atoms with van der Waals surface area (Å²) in [5.41, 5.74) is 1.23. The van der Waals surface area contributed by atoms with Crippen molar-refractivity contribution in [2.24, 2.45) is 0 Å². The fourth-order valence-corrected chi connectivity index (χ4v) is 3.35. The van der Waals surface area contributed by atoms with E-state index in [1.54, 1.807) is 0 Å². The van der Waals surface area contributed by atoms with Crippen LogP contribution in [0.3, 0.4) is 0 Å². The van der Waals surface area contributed by atoms with Gasteiger partial charge in [-0.25, -0.2) is 4.79 Å². The van der Waals surface area contributed by atoms with Crippen LogP contribution < -0.4 is 10.1 Å².